The van der Waals surface area contributed by atoms with Crippen molar-refractivity contribution in [1.82, 2.24) is 19.4 Å². The van der Waals surface area contributed by atoms with Crippen LogP contribution in [0.4, 0.5) is 11.6 Å². The number of ether oxygens (including phenoxy) is 1. The number of nitrogens with zero attached hydrogens (tertiary/aromatic N) is 3. The second kappa shape index (κ2) is 9.43. The molecule has 0 amide bonds. The van der Waals surface area contributed by atoms with Gasteiger partial charge in [-0.3, -0.25) is 9.69 Å². The minimum absolute atomic E-state index is 0.150. The minimum atomic E-state index is -0.150. The average Bonchev–Trinajstić information content (AvgIpc) is 3.15. The van der Waals surface area contributed by atoms with Crippen LogP contribution in [0.1, 0.15) is 11.3 Å². The van der Waals surface area contributed by atoms with Crippen LogP contribution in [0.3, 0.4) is 0 Å². The molecule has 4 aromatic rings. The van der Waals surface area contributed by atoms with E-state index in [1.54, 1.807) is 18.2 Å². The Balaban J connectivity index is 1.54. The lowest BCUT2D eigenvalue weighted by Crippen LogP contribution is -2.36. The molecule has 5 rings (SSSR count). The van der Waals surface area contributed by atoms with Gasteiger partial charge >= 0.3 is 0 Å². The van der Waals surface area contributed by atoms with Crippen LogP contribution in [-0.2, 0) is 11.8 Å². The first-order chi connectivity index (χ1) is 16.4. The number of hydrogen-bond donors (Lipinski definition) is 2. The molecule has 2 N–H and O–H groups in total. The molecule has 0 spiro atoms. The van der Waals surface area contributed by atoms with Gasteiger partial charge in [0.25, 0.3) is 5.56 Å². The van der Waals surface area contributed by atoms with Gasteiger partial charge in [0.1, 0.15) is 0 Å². The molecule has 2 aromatic heterocycles. The normalized spacial score (nSPS) is 15.1. The number of H-pyrrole nitrogens is 1. The van der Waals surface area contributed by atoms with Crippen LogP contribution in [0.5, 0.6) is 0 Å². The van der Waals surface area contributed by atoms with Crippen LogP contribution in [0.15, 0.2) is 41.2 Å². The molecule has 9 heteroatoms. The van der Waals surface area contributed by atoms with Crippen LogP contribution >= 0.6 is 23.2 Å². The van der Waals surface area contributed by atoms with Gasteiger partial charge in [-0.05, 0) is 42.1 Å². The van der Waals surface area contributed by atoms with Gasteiger partial charge in [0.15, 0.2) is 0 Å². The predicted octanol–water partition coefficient (Wildman–Crippen LogP) is 5.12. The molecular formula is C25H25Cl2N5O2. The first-order valence-corrected chi connectivity index (χ1v) is 11.9. The summed E-state index contributed by atoms with van der Waals surface area (Å²) in [6.45, 7) is 6.22. The van der Waals surface area contributed by atoms with E-state index in [1.165, 1.54) is 0 Å². The van der Waals surface area contributed by atoms with Gasteiger partial charge in [-0.25, -0.2) is 4.98 Å². The number of imidazole rings is 1. The number of rotatable bonds is 5. The van der Waals surface area contributed by atoms with Crippen molar-refractivity contribution < 1.29 is 4.74 Å². The monoisotopic (exact) mass is 497 g/mol. The van der Waals surface area contributed by atoms with E-state index < -0.39 is 0 Å². The number of nitrogens with one attached hydrogen (secondary N) is 2. The summed E-state index contributed by atoms with van der Waals surface area (Å²) in [4.78, 5) is 23.3. The standard InChI is InChI=1S/C25H25Cl2N5O2/c1-15-16-8-9-20-23(31(2)25(29-20)30-22-17(26)5-3-6-18(22)27)21(16)24(33)28-19(15)7-4-10-32-11-13-34-14-12-32/h3-9H,10-14H2,1-2H3,(H,28,33)(H,29,30)/b7-4+. The summed E-state index contributed by atoms with van der Waals surface area (Å²) in [5, 5.41) is 5.70. The fraction of sp³-hybridized carbons (Fsp3) is 0.280. The van der Waals surface area contributed by atoms with Crippen molar-refractivity contribution in [1.29, 1.82) is 0 Å². The number of para-hydroxylation sites is 1. The van der Waals surface area contributed by atoms with Crippen molar-refractivity contribution in [2.24, 2.45) is 7.05 Å². The van der Waals surface area contributed by atoms with Gasteiger partial charge in [0.05, 0.1) is 45.4 Å². The fourth-order valence-electron chi connectivity index (χ4n) is 4.38. The summed E-state index contributed by atoms with van der Waals surface area (Å²) in [6.07, 6.45) is 4.08. The molecule has 1 saturated heterocycles. The largest absolute Gasteiger partial charge is 0.379 e. The van der Waals surface area contributed by atoms with E-state index >= 15 is 0 Å². The van der Waals surface area contributed by atoms with E-state index in [9.17, 15) is 4.79 Å². The zero-order valence-electron chi connectivity index (χ0n) is 19.0. The lowest BCUT2D eigenvalue weighted by Gasteiger charge is -2.25. The molecule has 3 heterocycles. The third-order valence-electron chi connectivity index (χ3n) is 6.27. The zero-order valence-corrected chi connectivity index (χ0v) is 20.5. The van der Waals surface area contributed by atoms with Crippen LogP contribution in [0.25, 0.3) is 27.9 Å². The van der Waals surface area contributed by atoms with Gasteiger partial charge in [0.2, 0.25) is 5.95 Å². The predicted molar refractivity (Wildman–Crippen MR) is 140 cm³/mol. The Kier molecular flexibility index (Phi) is 6.36. The SMILES string of the molecule is Cc1c(/C=C/CN2CCOCC2)[nH]c(=O)c2c1ccc1nc(Nc3c(Cl)cccc3Cl)n(C)c12. The van der Waals surface area contributed by atoms with Crippen molar-refractivity contribution in [2.45, 2.75) is 6.92 Å². The number of anilines is 2. The number of benzene rings is 2. The van der Waals surface area contributed by atoms with E-state index in [2.05, 4.69) is 26.3 Å². The Labute approximate surface area is 206 Å². The second-order valence-corrected chi connectivity index (χ2v) is 9.19. The molecule has 1 fully saturated rings. The molecule has 1 aliphatic rings. The zero-order chi connectivity index (χ0) is 23.8. The molecule has 0 saturated carbocycles. The summed E-state index contributed by atoms with van der Waals surface area (Å²) in [7, 11) is 1.87. The number of aromatic amines is 1. The molecule has 0 radical (unpaired) electrons. The molecule has 7 nitrogen and oxygen atoms in total. The Morgan fingerprint density at radius 2 is 1.91 bits per heavy atom. The first-order valence-electron chi connectivity index (χ1n) is 11.1. The smallest absolute Gasteiger partial charge is 0.258 e. The summed E-state index contributed by atoms with van der Waals surface area (Å²) >= 11 is 12.7. The highest BCUT2D eigenvalue weighted by Gasteiger charge is 2.17. The van der Waals surface area contributed by atoms with E-state index in [1.807, 2.05) is 36.7 Å². The molecule has 1 aliphatic heterocycles. The molecule has 34 heavy (non-hydrogen) atoms. The molecule has 2 aromatic carbocycles. The quantitative estimate of drug-likeness (QED) is 0.400. The maximum Gasteiger partial charge on any atom is 0.258 e. The number of hydrogen-bond acceptors (Lipinski definition) is 5. The van der Waals surface area contributed by atoms with Crippen molar-refractivity contribution in [3.63, 3.8) is 0 Å². The number of fused-ring (bicyclic) bond motifs is 3. The molecular weight excluding hydrogens is 473 g/mol. The number of halogens is 2. The Morgan fingerprint density at radius 3 is 2.65 bits per heavy atom. The van der Waals surface area contributed by atoms with Crippen molar-refractivity contribution in [3.8, 4) is 0 Å². The maximum atomic E-state index is 13.2. The second-order valence-electron chi connectivity index (χ2n) is 8.38. The van der Waals surface area contributed by atoms with Gasteiger partial charge in [-0.2, -0.15) is 0 Å². The first kappa shape index (κ1) is 22.9. The molecule has 0 unspecified atom stereocenters. The average molecular weight is 498 g/mol. The van der Waals surface area contributed by atoms with Gasteiger partial charge in [-0.15, -0.1) is 0 Å². The van der Waals surface area contributed by atoms with Gasteiger partial charge in [-0.1, -0.05) is 41.4 Å². The molecule has 176 valence electrons. The molecule has 0 atom stereocenters. The van der Waals surface area contributed by atoms with Crippen molar-refractivity contribution in [2.75, 3.05) is 38.2 Å². The Morgan fingerprint density at radius 1 is 1.18 bits per heavy atom. The van der Waals surface area contributed by atoms with E-state index in [0.717, 1.165) is 55.0 Å². The molecule has 0 bridgehead atoms. The lowest BCUT2D eigenvalue weighted by molar-refractivity contribution is 0.0435. The van der Waals surface area contributed by atoms with Crippen molar-refractivity contribution >= 4 is 62.7 Å². The number of aromatic nitrogens is 3. The number of aryl methyl sites for hydroxylation is 2. The van der Waals surface area contributed by atoms with Crippen LogP contribution in [0, 0.1) is 6.92 Å². The fourth-order valence-corrected chi connectivity index (χ4v) is 4.87. The minimum Gasteiger partial charge on any atom is -0.379 e. The number of morpholine rings is 1. The summed E-state index contributed by atoms with van der Waals surface area (Å²) in [5.41, 5.74) is 3.71. The summed E-state index contributed by atoms with van der Waals surface area (Å²) < 4.78 is 7.26. The third-order valence-corrected chi connectivity index (χ3v) is 6.90. The van der Waals surface area contributed by atoms with Gasteiger partial charge < -0.3 is 19.6 Å². The van der Waals surface area contributed by atoms with E-state index in [0.29, 0.717) is 32.6 Å². The maximum absolute atomic E-state index is 13.2. The third kappa shape index (κ3) is 4.20. The summed E-state index contributed by atoms with van der Waals surface area (Å²) in [6, 6.07) is 9.20. The van der Waals surface area contributed by atoms with E-state index in [-0.39, 0.29) is 5.56 Å². The lowest BCUT2D eigenvalue weighted by atomic mass is 10.0. The Hall–Kier alpha value is -2.84. The van der Waals surface area contributed by atoms with Crippen LogP contribution < -0.4 is 10.9 Å². The molecule has 0 aliphatic carbocycles. The highest BCUT2D eigenvalue weighted by Crippen LogP contribution is 2.34. The number of pyridine rings is 1. The summed E-state index contributed by atoms with van der Waals surface area (Å²) in [5.74, 6) is 0.545. The Bertz CT molecular complexity index is 1450. The van der Waals surface area contributed by atoms with Crippen molar-refractivity contribution in [3.05, 3.63) is 68.1 Å². The van der Waals surface area contributed by atoms with Crippen LogP contribution in [0.2, 0.25) is 10.0 Å². The van der Waals surface area contributed by atoms with Gasteiger partial charge in [0, 0.05) is 32.4 Å². The van der Waals surface area contributed by atoms with Crippen LogP contribution in [-0.4, -0.2) is 52.3 Å². The highest BCUT2D eigenvalue weighted by atomic mass is 35.5. The topological polar surface area (TPSA) is 75.2 Å². The highest BCUT2D eigenvalue weighted by molar-refractivity contribution is 6.39. The van der Waals surface area contributed by atoms with E-state index in [4.69, 9.17) is 27.9 Å².